The first-order valence-corrected chi connectivity index (χ1v) is 10.2. The number of benzene rings is 1. The number of nitrogens with zero attached hydrogens (tertiary/aromatic N) is 1. The normalized spacial score (nSPS) is 11.3. The maximum absolute atomic E-state index is 11.3. The van der Waals surface area contributed by atoms with Gasteiger partial charge in [0, 0.05) is 40.0 Å². The van der Waals surface area contributed by atoms with E-state index >= 15 is 0 Å². The molecule has 0 unspecified atom stereocenters. The predicted octanol–water partition coefficient (Wildman–Crippen LogP) is 2.35. The molecule has 1 rings (SSSR count). The minimum Gasteiger partial charge on any atom is -0.495 e. The number of nitro benzene ring substituents is 1. The zero-order chi connectivity index (χ0) is 20.3. The lowest BCUT2D eigenvalue weighted by Gasteiger charge is -2.24. The monoisotopic (exact) mass is 402 g/mol. The Morgan fingerprint density at radius 1 is 1.15 bits per heavy atom. The van der Waals surface area contributed by atoms with Crippen LogP contribution in [0.5, 0.6) is 5.75 Å². The molecule has 0 atom stereocenters. The van der Waals surface area contributed by atoms with Crippen LogP contribution in [0.25, 0.3) is 0 Å². The molecule has 10 nitrogen and oxygen atoms in total. The van der Waals surface area contributed by atoms with Gasteiger partial charge in [0.1, 0.15) is 5.75 Å². The Hall–Kier alpha value is -2.05. The maximum atomic E-state index is 11.3. The number of hydrogen-bond acceptors (Lipinski definition) is 8. The summed E-state index contributed by atoms with van der Waals surface area (Å²) in [6.07, 6.45) is 1.93. The minimum atomic E-state index is -2.59. The number of hydrogen-bond donors (Lipinski definition) is 1. The quantitative estimate of drug-likeness (QED) is 0.166. The Balaban J connectivity index is 2.63. The second-order valence-electron chi connectivity index (χ2n) is 5.51. The number of anilines is 1. The van der Waals surface area contributed by atoms with Crippen molar-refractivity contribution in [1.82, 2.24) is 0 Å². The molecule has 0 heterocycles. The highest BCUT2D eigenvalue weighted by Crippen LogP contribution is 2.33. The number of rotatable bonds is 14. The summed E-state index contributed by atoms with van der Waals surface area (Å²) >= 11 is 0. The van der Waals surface area contributed by atoms with Gasteiger partial charge in [-0.05, 0) is 18.9 Å². The van der Waals surface area contributed by atoms with Gasteiger partial charge in [0.2, 0.25) is 6.41 Å². The van der Waals surface area contributed by atoms with E-state index in [1.807, 2.05) is 0 Å². The first kappa shape index (κ1) is 23.0. The number of nitro groups is 1. The Bertz CT molecular complexity index is 616. The van der Waals surface area contributed by atoms with Crippen LogP contribution in [0.2, 0.25) is 6.04 Å². The van der Waals surface area contributed by atoms with Crippen molar-refractivity contribution in [3.8, 4) is 5.75 Å². The number of amides is 1. The largest absolute Gasteiger partial charge is 0.500 e. The number of methoxy groups -OCH3 is 1. The summed E-state index contributed by atoms with van der Waals surface area (Å²) in [6, 6.07) is 3.39. The van der Waals surface area contributed by atoms with Crippen LogP contribution < -0.4 is 10.1 Å². The molecule has 0 saturated heterocycles. The molecule has 27 heavy (non-hydrogen) atoms. The van der Waals surface area contributed by atoms with Crippen molar-refractivity contribution in [3.05, 3.63) is 27.8 Å². The van der Waals surface area contributed by atoms with Gasteiger partial charge >= 0.3 is 8.80 Å². The number of carbonyl (C=O) groups excluding carboxylic acids is 1. The SMILES string of the molecule is COc1cc(COCCCC[Si](OC)(OC)OC)c([N+](=O)[O-])cc1NC=O. The zero-order valence-electron chi connectivity index (χ0n) is 16.0. The Morgan fingerprint density at radius 3 is 2.33 bits per heavy atom. The molecule has 0 fully saturated rings. The molecule has 0 aromatic heterocycles. The minimum absolute atomic E-state index is 0.0510. The van der Waals surface area contributed by atoms with Gasteiger partial charge in [0.25, 0.3) is 5.69 Å². The Morgan fingerprint density at radius 2 is 1.81 bits per heavy atom. The van der Waals surface area contributed by atoms with Crippen molar-refractivity contribution in [2.45, 2.75) is 25.5 Å². The van der Waals surface area contributed by atoms with Crippen molar-refractivity contribution >= 4 is 26.6 Å². The standard InChI is InChI=1S/C16H26N2O8Si/c1-22-16-9-13(15(18(20)21)10-14(16)17-12-19)11-26-7-5-6-8-27(23-2,24-3)25-4/h9-10,12H,5-8,11H2,1-4H3,(H,17,19). The first-order chi connectivity index (χ1) is 13.0. The lowest BCUT2D eigenvalue weighted by atomic mass is 10.1. The van der Waals surface area contributed by atoms with Gasteiger partial charge in [-0.1, -0.05) is 0 Å². The van der Waals surface area contributed by atoms with E-state index in [4.69, 9.17) is 22.8 Å². The number of ether oxygens (including phenoxy) is 2. The first-order valence-electron chi connectivity index (χ1n) is 8.25. The van der Waals surface area contributed by atoms with E-state index in [0.29, 0.717) is 30.4 Å². The molecule has 0 aliphatic rings. The third-order valence-electron chi connectivity index (χ3n) is 4.02. The highest BCUT2D eigenvalue weighted by Gasteiger charge is 2.36. The van der Waals surface area contributed by atoms with Gasteiger partial charge in [-0.15, -0.1) is 0 Å². The third kappa shape index (κ3) is 6.56. The highest BCUT2D eigenvalue weighted by molar-refractivity contribution is 6.60. The van der Waals surface area contributed by atoms with E-state index in [-0.39, 0.29) is 18.0 Å². The fourth-order valence-corrected chi connectivity index (χ4v) is 4.32. The van der Waals surface area contributed by atoms with Crippen LogP contribution >= 0.6 is 0 Å². The van der Waals surface area contributed by atoms with Crippen LogP contribution in [-0.2, 0) is 29.4 Å². The summed E-state index contributed by atoms with van der Waals surface area (Å²) in [5.41, 5.74) is 0.440. The van der Waals surface area contributed by atoms with E-state index < -0.39 is 13.7 Å². The fraction of sp³-hybridized carbons (Fsp3) is 0.562. The van der Waals surface area contributed by atoms with Crippen molar-refractivity contribution in [2.24, 2.45) is 0 Å². The molecule has 1 aromatic rings. The smallest absolute Gasteiger partial charge is 0.495 e. The van der Waals surface area contributed by atoms with E-state index in [0.717, 1.165) is 12.8 Å². The lowest BCUT2D eigenvalue weighted by molar-refractivity contribution is -0.385. The van der Waals surface area contributed by atoms with E-state index in [9.17, 15) is 14.9 Å². The summed E-state index contributed by atoms with van der Waals surface area (Å²) < 4.78 is 26.8. The number of unbranched alkanes of at least 4 members (excludes halogenated alkanes) is 1. The van der Waals surface area contributed by atoms with Crippen LogP contribution in [0, 0.1) is 10.1 Å². The van der Waals surface area contributed by atoms with Gasteiger partial charge in [-0.2, -0.15) is 0 Å². The summed E-state index contributed by atoms with van der Waals surface area (Å²) in [7, 11) is 3.51. The van der Waals surface area contributed by atoms with Crippen LogP contribution in [0.3, 0.4) is 0 Å². The summed E-state index contributed by atoms with van der Waals surface area (Å²) in [5, 5.41) is 13.7. The van der Waals surface area contributed by atoms with Crippen LogP contribution in [0.15, 0.2) is 12.1 Å². The van der Waals surface area contributed by atoms with Crippen molar-refractivity contribution in [3.63, 3.8) is 0 Å². The van der Waals surface area contributed by atoms with Crippen molar-refractivity contribution < 1.29 is 32.5 Å². The predicted molar refractivity (Wildman–Crippen MR) is 99.8 cm³/mol. The summed E-state index contributed by atoms with van der Waals surface area (Å²) in [6.45, 7) is 0.463. The summed E-state index contributed by atoms with van der Waals surface area (Å²) in [4.78, 5) is 21.4. The van der Waals surface area contributed by atoms with Gasteiger partial charge in [0.15, 0.2) is 0 Å². The van der Waals surface area contributed by atoms with Crippen molar-refractivity contribution in [2.75, 3.05) is 40.4 Å². The molecular formula is C16H26N2O8Si. The third-order valence-corrected chi connectivity index (χ3v) is 6.86. The molecule has 11 heteroatoms. The number of carbonyl (C=O) groups is 1. The molecule has 0 aliphatic carbocycles. The molecule has 1 amide bonds. The van der Waals surface area contributed by atoms with Crippen molar-refractivity contribution in [1.29, 1.82) is 0 Å². The van der Waals surface area contributed by atoms with Crippen LogP contribution in [0.1, 0.15) is 18.4 Å². The second kappa shape index (κ2) is 11.6. The lowest BCUT2D eigenvalue weighted by Crippen LogP contribution is -2.42. The number of nitrogens with one attached hydrogen (secondary N) is 1. The van der Waals surface area contributed by atoms with Crippen LogP contribution in [-0.4, -0.2) is 55.2 Å². The molecule has 0 spiro atoms. The molecule has 152 valence electrons. The molecule has 0 aliphatic heterocycles. The average Bonchev–Trinajstić information content (AvgIpc) is 2.68. The van der Waals surface area contributed by atoms with Gasteiger partial charge in [-0.25, -0.2) is 0 Å². The van der Waals surface area contributed by atoms with Gasteiger partial charge in [0.05, 0.1) is 29.9 Å². The van der Waals surface area contributed by atoms with E-state index in [2.05, 4.69) is 5.32 Å². The van der Waals surface area contributed by atoms with Gasteiger partial charge in [-0.3, -0.25) is 14.9 Å². The van der Waals surface area contributed by atoms with E-state index in [1.54, 1.807) is 21.3 Å². The molecular weight excluding hydrogens is 376 g/mol. The summed E-state index contributed by atoms with van der Waals surface area (Å²) in [5.74, 6) is 0.322. The Labute approximate surface area is 159 Å². The zero-order valence-corrected chi connectivity index (χ0v) is 17.0. The average molecular weight is 402 g/mol. The van der Waals surface area contributed by atoms with Crippen LogP contribution in [0.4, 0.5) is 11.4 Å². The molecule has 0 saturated carbocycles. The van der Waals surface area contributed by atoms with E-state index in [1.165, 1.54) is 19.2 Å². The fourth-order valence-electron chi connectivity index (χ4n) is 2.53. The highest BCUT2D eigenvalue weighted by atomic mass is 28.4. The molecule has 1 aromatic carbocycles. The van der Waals surface area contributed by atoms with Gasteiger partial charge < -0.3 is 28.1 Å². The molecule has 0 bridgehead atoms. The Kier molecular flexibility index (Phi) is 9.89. The second-order valence-corrected chi connectivity index (χ2v) is 8.60. The molecule has 0 radical (unpaired) electrons. The maximum Gasteiger partial charge on any atom is 0.500 e. The molecule has 1 N–H and O–H groups in total. The topological polar surface area (TPSA) is 118 Å².